The van der Waals surface area contributed by atoms with Crippen molar-refractivity contribution in [3.8, 4) is 11.4 Å². The van der Waals surface area contributed by atoms with Gasteiger partial charge in [-0.1, -0.05) is 12.1 Å². The van der Waals surface area contributed by atoms with Crippen molar-refractivity contribution in [2.45, 2.75) is 38.4 Å². The summed E-state index contributed by atoms with van der Waals surface area (Å²) < 4.78 is 10.2. The number of piperidine rings is 1. The molecular formula is C26H29N5O. The Morgan fingerprint density at radius 1 is 1.06 bits per heavy atom. The van der Waals surface area contributed by atoms with Crippen LogP contribution >= 0.6 is 0 Å². The lowest BCUT2D eigenvalue weighted by Crippen LogP contribution is -2.49. The van der Waals surface area contributed by atoms with E-state index in [9.17, 15) is 0 Å². The Bertz CT molecular complexity index is 1280. The smallest absolute Gasteiger partial charge is 0.124 e. The van der Waals surface area contributed by atoms with Crippen LogP contribution in [0.3, 0.4) is 0 Å². The monoisotopic (exact) mass is 427 g/mol. The van der Waals surface area contributed by atoms with Crippen molar-refractivity contribution in [3.63, 3.8) is 0 Å². The highest BCUT2D eigenvalue weighted by Gasteiger charge is 2.41. The summed E-state index contributed by atoms with van der Waals surface area (Å²) in [5, 5.41) is 3.91. The van der Waals surface area contributed by atoms with Gasteiger partial charge in [0, 0.05) is 37.6 Å². The lowest BCUT2D eigenvalue weighted by Gasteiger charge is -2.46. The fourth-order valence-corrected chi connectivity index (χ4v) is 5.53. The lowest BCUT2D eigenvalue weighted by atomic mass is 9.82. The van der Waals surface area contributed by atoms with Gasteiger partial charge in [0.1, 0.15) is 11.6 Å². The van der Waals surface area contributed by atoms with Crippen molar-refractivity contribution in [3.05, 3.63) is 72.3 Å². The Morgan fingerprint density at radius 3 is 2.72 bits per heavy atom. The normalized spacial score (nSPS) is 17.2. The number of para-hydroxylation sites is 2. The molecule has 1 fully saturated rings. The molecule has 6 rings (SSSR count). The van der Waals surface area contributed by atoms with E-state index in [1.807, 2.05) is 6.07 Å². The molecule has 2 aliphatic heterocycles. The molecule has 6 nitrogen and oxygen atoms in total. The molecule has 1 saturated heterocycles. The maximum atomic E-state index is 5.49. The van der Waals surface area contributed by atoms with E-state index in [1.165, 1.54) is 22.7 Å². The van der Waals surface area contributed by atoms with Gasteiger partial charge in [-0.15, -0.1) is 0 Å². The predicted molar refractivity (Wildman–Crippen MR) is 128 cm³/mol. The summed E-state index contributed by atoms with van der Waals surface area (Å²) in [4.78, 5) is 7.50. The minimum atomic E-state index is -0.0513. The standard InChI is InChI=1S/C26H29N5O/c1-3-30-22-8-5-4-7-20(22)27-25(30)18-29-15-12-26(13-16-29)24-9-6-14-31(24)23-11-10-19(32-2)17-21(23)28-26/h4-11,14,17,28H,3,12-13,15-16,18H2,1-2H3. The highest BCUT2D eigenvalue weighted by Crippen LogP contribution is 2.44. The van der Waals surface area contributed by atoms with Crippen LogP contribution in [0.1, 0.15) is 31.3 Å². The number of likely N-dealkylation sites (tertiary alicyclic amines) is 1. The number of nitrogens with one attached hydrogen (secondary N) is 1. The number of benzene rings is 2. The summed E-state index contributed by atoms with van der Waals surface area (Å²) in [6, 6.07) is 19.2. The molecule has 1 spiro atoms. The number of nitrogens with zero attached hydrogens (tertiary/aromatic N) is 4. The van der Waals surface area contributed by atoms with E-state index in [4.69, 9.17) is 9.72 Å². The zero-order valence-corrected chi connectivity index (χ0v) is 18.7. The second kappa shape index (κ2) is 7.41. The van der Waals surface area contributed by atoms with Gasteiger partial charge in [-0.3, -0.25) is 4.90 Å². The van der Waals surface area contributed by atoms with Crippen molar-refractivity contribution >= 4 is 16.7 Å². The van der Waals surface area contributed by atoms with E-state index in [0.29, 0.717) is 0 Å². The Balaban J connectivity index is 1.26. The molecule has 4 heterocycles. The van der Waals surface area contributed by atoms with Crippen LogP contribution < -0.4 is 10.1 Å². The van der Waals surface area contributed by atoms with Gasteiger partial charge in [-0.2, -0.15) is 0 Å². The summed E-state index contributed by atoms with van der Waals surface area (Å²) in [5.74, 6) is 2.05. The number of hydrogen-bond donors (Lipinski definition) is 1. The van der Waals surface area contributed by atoms with Gasteiger partial charge < -0.3 is 19.2 Å². The van der Waals surface area contributed by atoms with E-state index in [0.717, 1.165) is 56.0 Å². The van der Waals surface area contributed by atoms with Crippen molar-refractivity contribution in [1.82, 2.24) is 19.0 Å². The molecule has 0 atom stereocenters. The van der Waals surface area contributed by atoms with Gasteiger partial charge in [0.05, 0.1) is 41.6 Å². The third-order valence-electron chi connectivity index (χ3n) is 7.20. The van der Waals surface area contributed by atoms with Crippen LogP contribution in [0.2, 0.25) is 0 Å². The van der Waals surface area contributed by atoms with Crippen LogP contribution in [0.15, 0.2) is 60.8 Å². The van der Waals surface area contributed by atoms with Crippen LogP contribution in [0.25, 0.3) is 16.7 Å². The van der Waals surface area contributed by atoms with Crippen LogP contribution in [0.4, 0.5) is 5.69 Å². The minimum absolute atomic E-state index is 0.0513. The van der Waals surface area contributed by atoms with Gasteiger partial charge in [0.25, 0.3) is 0 Å². The van der Waals surface area contributed by atoms with Crippen molar-refractivity contribution in [2.75, 3.05) is 25.5 Å². The largest absolute Gasteiger partial charge is 0.497 e. The van der Waals surface area contributed by atoms with Gasteiger partial charge in [-0.05, 0) is 56.2 Å². The molecule has 4 aromatic rings. The first kappa shape index (κ1) is 19.4. The molecule has 2 aromatic carbocycles. The molecule has 0 radical (unpaired) electrons. The number of rotatable bonds is 4. The van der Waals surface area contributed by atoms with E-state index in [2.05, 4.69) is 81.0 Å². The third kappa shape index (κ3) is 2.93. The number of aromatic nitrogens is 3. The average molecular weight is 428 g/mol. The van der Waals surface area contributed by atoms with E-state index in [-0.39, 0.29) is 5.54 Å². The maximum Gasteiger partial charge on any atom is 0.124 e. The second-order valence-corrected chi connectivity index (χ2v) is 8.89. The van der Waals surface area contributed by atoms with Crippen molar-refractivity contribution in [2.24, 2.45) is 0 Å². The fourth-order valence-electron chi connectivity index (χ4n) is 5.53. The summed E-state index contributed by atoms with van der Waals surface area (Å²) in [6.07, 6.45) is 4.29. The highest BCUT2D eigenvalue weighted by atomic mass is 16.5. The Morgan fingerprint density at radius 2 is 1.91 bits per heavy atom. The zero-order chi connectivity index (χ0) is 21.7. The average Bonchev–Trinajstić information content (AvgIpc) is 3.45. The molecule has 32 heavy (non-hydrogen) atoms. The molecule has 164 valence electrons. The fraction of sp³-hybridized carbons (Fsp3) is 0.346. The summed E-state index contributed by atoms with van der Waals surface area (Å²) in [6.45, 7) is 6.11. The molecular weight excluding hydrogens is 398 g/mol. The first-order valence-corrected chi connectivity index (χ1v) is 11.5. The Kier molecular flexibility index (Phi) is 4.50. The summed E-state index contributed by atoms with van der Waals surface area (Å²) in [5.41, 5.74) is 5.97. The zero-order valence-electron chi connectivity index (χ0n) is 18.7. The Hall–Kier alpha value is -3.25. The molecule has 0 saturated carbocycles. The van der Waals surface area contributed by atoms with Gasteiger partial charge in [0.2, 0.25) is 0 Å². The van der Waals surface area contributed by atoms with Crippen LogP contribution in [-0.2, 0) is 18.6 Å². The first-order valence-electron chi connectivity index (χ1n) is 11.5. The minimum Gasteiger partial charge on any atom is -0.497 e. The quantitative estimate of drug-likeness (QED) is 0.510. The molecule has 0 bridgehead atoms. The number of hydrogen-bond acceptors (Lipinski definition) is 4. The topological polar surface area (TPSA) is 47.2 Å². The number of fused-ring (bicyclic) bond motifs is 5. The number of imidazole rings is 1. The lowest BCUT2D eigenvalue weighted by molar-refractivity contribution is 0.157. The molecule has 0 amide bonds. The van der Waals surface area contributed by atoms with E-state index < -0.39 is 0 Å². The third-order valence-corrected chi connectivity index (χ3v) is 7.20. The van der Waals surface area contributed by atoms with Gasteiger partial charge in [0.15, 0.2) is 0 Å². The van der Waals surface area contributed by atoms with Gasteiger partial charge >= 0.3 is 0 Å². The van der Waals surface area contributed by atoms with Crippen LogP contribution in [0, 0.1) is 0 Å². The number of ether oxygens (including phenoxy) is 1. The SMILES string of the molecule is CCn1c(CN2CCC3(CC2)Nc2cc(OC)ccc2-n2cccc23)nc2ccccc21. The molecule has 0 unspecified atom stereocenters. The molecule has 6 heteroatoms. The highest BCUT2D eigenvalue weighted by molar-refractivity contribution is 5.76. The van der Waals surface area contributed by atoms with Gasteiger partial charge in [-0.25, -0.2) is 4.98 Å². The van der Waals surface area contributed by atoms with E-state index in [1.54, 1.807) is 7.11 Å². The van der Waals surface area contributed by atoms with Crippen molar-refractivity contribution in [1.29, 1.82) is 0 Å². The molecule has 2 aliphatic rings. The van der Waals surface area contributed by atoms with Crippen LogP contribution in [-0.4, -0.2) is 39.2 Å². The summed E-state index contributed by atoms with van der Waals surface area (Å²) in [7, 11) is 1.73. The number of aryl methyl sites for hydroxylation is 1. The molecule has 0 aliphatic carbocycles. The summed E-state index contributed by atoms with van der Waals surface area (Å²) >= 11 is 0. The second-order valence-electron chi connectivity index (χ2n) is 8.89. The van der Waals surface area contributed by atoms with Crippen LogP contribution in [0.5, 0.6) is 5.75 Å². The Labute approximate surface area is 188 Å². The molecule has 2 aromatic heterocycles. The maximum absolute atomic E-state index is 5.49. The van der Waals surface area contributed by atoms with E-state index >= 15 is 0 Å². The van der Waals surface area contributed by atoms with Crippen molar-refractivity contribution < 1.29 is 4.74 Å². The number of anilines is 1. The molecule has 1 N–H and O–H groups in total. The predicted octanol–water partition coefficient (Wildman–Crippen LogP) is 4.77. The number of methoxy groups -OCH3 is 1. The first-order chi connectivity index (χ1) is 15.7.